The lowest BCUT2D eigenvalue weighted by Gasteiger charge is -2.18. The van der Waals surface area contributed by atoms with Gasteiger partial charge in [0, 0.05) is 5.69 Å². The van der Waals surface area contributed by atoms with Crippen LogP contribution >= 0.6 is 33.9 Å². The highest BCUT2D eigenvalue weighted by atomic mass is 127. The van der Waals surface area contributed by atoms with Gasteiger partial charge in [0.1, 0.15) is 0 Å². The van der Waals surface area contributed by atoms with Gasteiger partial charge in [0.2, 0.25) is 0 Å². The highest BCUT2D eigenvalue weighted by Crippen LogP contribution is 2.30. The van der Waals surface area contributed by atoms with Crippen molar-refractivity contribution in [3.05, 3.63) is 49.7 Å². The number of hydrogen-bond acceptors (Lipinski definition) is 2. The van der Waals surface area contributed by atoms with Gasteiger partial charge in [-0.15, -0.1) is 11.3 Å². The van der Waals surface area contributed by atoms with E-state index >= 15 is 0 Å². The molecule has 2 rings (SSSR count). The lowest BCUT2D eigenvalue weighted by molar-refractivity contribution is 0.102. The first-order valence-corrected chi connectivity index (χ1v) is 9.08. The van der Waals surface area contributed by atoms with E-state index in [1.165, 1.54) is 5.56 Å². The summed E-state index contributed by atoms with van der Waals surface area (Å²) in [5.41, 5.74) is 2.90. The molecule has 0 fully saturated rings. The molecule has 0 spiro atoms. The van der Waals surface area contributed by atoms with Gasteiger partial charge in [-0.1, -0.05) is 39.0 Å². The molecule has 1 amide bonds. The fourth-order valence-electron chi connectivity index (χ4n) is 2.52. The molecule has 0 radical (unpaired) electrons. The van der Waals surface area contributed by atoms with Gasteiger partial charge in [0.15, 0.2) is 0 Å². The maximum absolute atomic E-state index is 12.4. The summed E-state index contributed by atoms with van der Waals surface area (Å²) in [5.74, 6) is 1.05. The first-order valence-electron chi connectivity index (χ1n) is 7.12. The largest absolute Gasteiger partial charge is 0.322 e. The van der Waals surface area contributed by atoms with E-state index in [0.717, 1.165) is 20.6 Å². The van der Waals surface area contributed by atoms with Gasteiger partial charge in [-0.05, 0) is 63.9 Å². The predicted octanol–water partition coefficient (Wildman–Crippen LogP) is 5.75. The second-order valence-electron chi connectivity index (χ2n) is 5.68. The summed E-state index contributed by atoms with van der Waals surface area (Å²) in [5, 5.41) is 5.02. The topological polar surface area (TPSA) is 29.1 Å². The van der Waals surface area contributed by atoms with E-state index in [1.807, 2.05) is 29.6 Å². The zero-order valence-corrected chi connectivity index (χ0v) is 15.5. The lowest BCUT2D eigenvalue weighted by atomic mass is 9.91. The minimum atomic E-state index is -0.0233. The Morgan fingerprint density at radius 1 is 1.24 bits per heavy atom. The van der Waals surface area contributed by atoms with Gasteiger partial charge in [0.25, 0.3) is 5.91 Å². The highest BCUT2D eigenvalue weighted by Gasteiger charge is 2.16. The number of halogens is 1. The van der Waals surface area contributed by atoms with Crippen molar-refractivity contribution in [3.8, 4) is 0 Å². The van der Waals surface area contributed by atoms with Crippen LogP contribution in [0.25, 0.3) is 0 Å². The minimum absolute atomic E-state index is 0.0233. The molecule has 0 saturated carbocycles. The summed E-state index contributed by atoms with van der Waals surface area (Å²) in [6.07, 6.45) is 1.11. The van der Waals surface area contributed by atoms with Gasteiger partial charge >= 0.3 is 0 Å². The Labute approximate surface area is 144 Å². The highest BCUT2D eigenvalue weighted by molar-refractivity contribution is 14.1. The van der Waals surface area contributed by atoms with Crippen LogP contribution < -0.4 is 5.32 Å². The summed E-state index contributed by atoms with van der Waals surface area (Å²) in [6.45, 7) is 6.68. The molecule has 0 aliphatic carbocycles. The number of thiophene rings is 1. The average Bonchev–Trinajstić information content (AvgIpc) is 2.84. The molecule has 0 saturated heterocycles. The Morgan fingerprint density at radius 3 is 2.57 bits per heavy atom. The van der Waals surface area contributed by atoms with Crippen molar-refractivity contribution in [1.29, 1.82) is 0 Å². The molecule has 1 heterocycles. The van der Waals surface area contributed by atoms with E-state index in [4.69, 9.17) is 0 Å². The number of benzene rings is 1. The quantitative estimate of drug-likeness (QED) is 0.621. The molecule has 1 unspecified atom stereocenters. The molecule has 1 aromatic carbocycles. The van der Waals surface area contributed by atoms with Gasteiger partial charge in [-0.2, -0.15) is 0 Å². The van der Waals surface area contributed by atoms with Gasteiger partial charge in [-0.3, -0.25) is 4.79 Å². The summed E-state index contributed by atoms with van der Waals surface area (Å²) >= 11 is 3.80. The SMILES string of the molecule is CC(C)CC(C)c1ccccc1NC(=O)c1ccsc1I. The summed E-state index contributed by atoms with van der Waals surface area (Å²) < 4.78 is 1.03. The standard InChI is InChI=1S/C17H20INOS/c1-11(2)10-12(3)13-6-4-5-7-15(13)19-17(20)14-8-9-21-16(14)18/h4-9,11-12H,10H2,1-3H3,(H,19,20). The van der Waals surface area contributed by atoms with Crippen LogP contribution in [0.3, 0.4) is 0 Å². The summed E-state index contributed by atoms with van der Waals surface area (Å²) in [7, 11) is 0. The van der Waals surface area contributed by atoms with Crippen LogP contribution in [0.5, 0.6) is 0 Å². The molecule has 0 aliphatic rings. The molecule has 0 bridgehead atoms. The van der Waals surface area contributed by atoms with Gasteiger partial charge in [0.05, 0.1) is 8.45 Å². The molecular weight excluding hydrogens is 393 g/mol. The van der Waals surface area contributed by atoms with E-state index in [1.54, 1.807) is 11.3 Å². The Kier molecular flexibility index (Phi) is 5.81. The zero-order valence-electron chi connectivity index (χ0n) is 12.5. The molecular formula is C17H20INOS. The molecule has 112 valence electrons. The fraction of sp³-hybridized carbons (Fsp3) is 0.353. The number of amides is 1. The summed E-state index contributed by atoms with van der Waals surface area (Å²) in [6, 6.07) is 9.99. The van der Waals surface area contributed by atoms with E-state index in [2.05, 4.69) is 54.7 Å². The second-order valence-corrected chi connectivity index (χ2v) is 8.41. The number of para-hydroxylation sites is 1. The van der Waals surface area contributed by atoms with Crippen molar-refractivity contribution in [2.75, 3.05) is 5.32 Å². The van der Waals surface area contributed by atoms with E-state index in [-0.39, 0.29) is 5.91 Å². The molecule has 0 aliphatic heterocycles. The van der Waals surface area contributed by atoms with Crippen LogP contribution in [0.4, 0.5) is 5.69 Å². The molecule has 2 aromatic rings. The number of anilines is 1. The van der Waals surface area contributed by atoms with Crippen LogP contribution in [0.15, 0.2) is 35.7 Å². The average molecular weight is 413 g/mol. The van der Waals surface area contributed by atoms with E-state index in [0.29, 0.717) is 11.8 Å². The molecule has 1 atom stereocenters. The number of carbonyl (C=O) groups excluding carboxylic acids is 1. The number of hydrogen-bond donors (Lipinski definition) is 1. The zero-order chi connectivity index (χ0) is 15.4. The van der Waals surface area contributed by atoms with Crippen LogP contribution in [-0.4, -0.2) is 5.91 Å². The van der Waals surface area contributed by atoms with Crippen molar-refractivity contribution in [2.24, 2.45) is 5.92 Å². The minimum Gasteiger partial charge on any atom is -0.322 e. The first-order chi connectivity index (χ1) is 9.99. The smallest absolute Gasteiger partial charge is 0.257 e. The normalized spacial score (nSPS) is 12.4. The van der Waals surface area contributed by atoms with Crippen molar-refractivity contribution >= 4 is 45.5 Å². The van der Waals surface area contributed by atoms with Crippen molar-refractivity contribution in [3.63, 3.8) is 0 Å². The van der Waals surface area contributed by atoms with Crippen molar-refractivity contribution < 1.29 is 4.79 Å². The molecule has 1 aromatic heterocycles. The monoisotopic (exact) mass is 413 g/mol. The molecule has 4 heteroatoms. The Morgan fingerprint density at radius 2 is 1.95 bits per heavy atom. The number of rotatable bonds is 5. The Bertz CT molecular complexity index is 621. The third-order valence-electron chi connectivity index (χ3n) is 3.43. The van der Waals surface area contributed by atoms with Crippen LogP contribution in [0.2, 0.25) is 0 Å². The predicted molar refractivity (Wildman–Crippen MR) is 99.3 cm³/mol. The van der Waals surface area contributed by atoms with Crippen molar-refractivity contribution in [2.45, 2.75) is 33.1 Å². The Balaban J connectivity index is 2.21. The maximum atomic E-state index is 12.4. The molecule has 1 N–H and O–H groups in total. The van der Waals surface area contributed by atoms with Gasteiger partial charge in [-0.25, -0.2) is 0 Å². The Hall–Kier alpha value is -0.880. The molecule has 2 nitrogen and oxygen atoms in total. The molecule has 21 heavy (non-hydrogen) atoms. The maximum Gasteiger partial charge on any atom is 0.257 e. The number of nitrogens with one attached hydrogen (secondary N) is 1. The van der Waals surface area contributed by atoms with Crippen molar-refractivity contribution in [1.82, 2.24) is 0 Å². The van der Waals surface area contributed by atoms with Crippen LogP contribution in [0.1, 0.15) is 49.0 Å². The first kappa shape index (κ1) is 16.5. The second kappa shape index (κ2) is 7.40. The van der Waals surface area contributed by atoms with Gasteiger partial charge < -0.3 is 5.32 Å². The fourth-order valence-corrected chi connectivity index (χ4v) is 4.00. The summed E-state index contributed by atoms with van der Waals surface area (Å²) in [4.78, 5) is 12.4. The number of carbonyl (C=O) groups is 1. The van der Waals surface area contributed by atoms with Crippen LogP contribution in [-0.2, 0) is 0 Å². The third-order valence-corrected chi connectivity index (χ3v) is 5.47. The third kappa shape index (κ3) is 4.30. The van der Waals surface area contributed by atoms with E-state index in [9.17, 15) is 4.79 Å². The van der Waals surface area contributed by atoms with E-state index < -0.39 is 0 Å². The van der Waals surface area contributed by atoms with Crippen LogP contribution in [0, 0.1) is 8.80 Å². The lowest BCUT2D eigenvalue weighted by Crippen LogP contribution is -2.14.